The summed E-state index contributed by atoms with van der Waals surface area (Å²) in [6, 6.07) is 54.0. The first-order valence-electron chi connectivity index (χ1n) is 15.1. The molecule has 0 N–H and O–H groups in total. The Kier molecular flexibility index (Phi) is 6.05. The van der Waals surface area contributed by atoms with Gasteiger partial charge in [0.1, 0.15) is 0 Å². The van der Waals surface area contributed by atoms with Gasteiger partial charge in [-0.15, -0.1) is 0 Å². The molecule has 2 heteroatoms. The zero-order valence-corrected chi connectivity index (χ0v) is 26.9. The van der Waals surface area contributed by atoms with E-state index in [1.807, 2.05) is 0 Å². The van der Waals surface area contributed by atoms with Crippen molar-refractivity contribution in [2.24, 2.45) is 0 Å². The fourth-order valence-corrected chi connectivity index (χ4v) is 8.49. The second-order valence-electron chi connectivity index (χ2n) is 11.9. The summed E-state index contributed by atoms with van der Waals surface area (Å²) in [7, 11) is 0. The molecule has 7 aromatic rings. The van der Waals surface area contributed by atoms with Crippen LogP contribution in [-0.4, -0.2) is 0 Å². The average Bonchev–Trinajstić information content (AvgIpc) is 3.07. The fraction of sp³-hybridized carbons (Fsp3) is 0.0476. The molecule has 0 aliphatic heterocycles. The molecule has 0 spiro atoms. The van der Waals surface area contributed by atoms with Crippen molar-refractivity contribution in [3.8, 4) is 33.4 Å². The smallest absolute Gasteiger partial charge is 0.0355 e. The summed E-state index contributed by atoms with van der Waals surface area (Å²) in [6.07, 6.45) is 0. The van der Waals surface area contributed by atoms with E-state index in [1.165, 1.54) is 77.5 Å². The van der Waals surface area contributed by atoms with E-state index in [0.29, 0.717) is 0 Å². The summed E-state index contributed by atoms with van der Waals surface area (Å²) in [5.74, 6) is 0.433. The standard InChI is InChI=1S/C42H26Br2/c43-29-19-15-25(16-20-29)33-12-6-13-37-40-34-9-1-2-10-35(34)42(41(33)37)36-22-18-28(24-38(36)40)30-11-5-7-26-23-27(17-21-31(26)30)32-8-3-4-14-39(32)44/h1-24,40,42H. The molecule has 0 amide bonds. The first-order chi connectivity index (χ1) is 21.7. The lowest BCUT2D eigenvalue weighted by molar-refractivity contribution is 0.756. The van der Waals surface area contributed by atoms with Gasteiger partial charge >= 0.3 is 0 Å². The lowest BCUT2D eigenvalue weighted by Crippen LogP contribution is -2.28. The molecule has 2 bridgehead atoms. The Hall–Kier alpha value is -4.24. The largest absolute Gasteiger partial charge is 0.0619 e. The van der Waals surface area contributed by atoms with E-state index in [-0.39, 0.29) is 11.8 Å². The van der Waals surface area contributed by atoms with Crippen LogP contribution in [0.4, 0.5) is 0 Å². The normalized spacial score (nSPS) is 16.0. The van der Waals surface area contributed by atoms with Gasteiger partial charge < -0.3 is 0 Å². The average molecular weight is 690 g/mol. The quantitative estimate of drug-likeness (QED) is 0.173. The first-order valence-corrected chi connectivity index (χ1v) is 16.6. The number of fused-ring (bicyclic) bond motifs is 1. The number of benzene rings is 7. The van der Waals surface area contributed by atoms with Crippen LogP contribution in [0.5, 0.6) is 0 Å². The Morgan fingerprint density at radius 3 is 1.84 bits per heavy atom. The lowest BCUT2D eigenvalue weighted by Gasteiger charge is -2.43. The topological polar surface area (TPSA) is 0 Å². The molecular formula is C42H26Br2. The molecule has 0 heterocycles. The van der Waals surface area contributed by atoms with Crippen molar-refractivity contribution >= 4 is 42.6 Å². The van der Waals surface area contributed by atoms with Crippen LogP contribution in [0.3, 0.4) is 0 Å². The van der Waals surface area contributed by atoms with Gasteiger partial charge in [-0.05, 0) is 108 Å². The molecule has 10 rings (SSSR count). The highest BCUT2D eigenvalue weighted by atomic mass is 79.9. The minimum absolute atomic E-state index is 0.216. The number of halogens is 2. The van der Waals surface area contributed by atoms with E-state index in [4.69, 9.17) is 0 Å². The Morgan fingerprint density at radius 1 is 0.386 bits per heavy atom. The van der Waals surface area contributed by atoms with Crippen molar-refractivity contribution < 1.29 is 0 Å². The van der Waals surface area contributed by atoms with Crippen molar-refractivity contribution in [3.63, 3.8) is 0 Å². The van der Waals surface area contributed by atoms with E-state index in [1.54, 1.807) is 0 Å². The maximum Gasteiger partial charge on any atom is 0.0355 e. The van der Waals surface area contributed by atoms with E-state index >= 15 is 0 Å². The molecule has 0 radical (unpaired) electrons. The van der Waals surface area contributed by atoms with Crippen molar-refractivity contribution in [1.82, 2.24) is 0 Å². The Balaban J connectivity index is 1.21. The molecule has 0 nitrogen and oxygen atoms in total. The van der Waals surface area contributed by atoms with Crippen LogP contribution in [0.1, 0.15) is 45.2 Å². The van der Waals surface area contributed by atoms with Gasteiger partial charge in [-0.1, -0.05) is 147 Å². The van der Waals surface area contributed by atoms with Crippen LogP contribution in [0.2, 0.25) is 0 Å². The second kappa shape index (κ2) is 10.2. The number of rotatable bonds is 3. The molecule has 3 aliphatic carbocycles. The molecule has 7 aromatic carbocycles. The van der Waals surface area contributed by atoms with Crippen molar-refractivity contribution in [3.05, 3.63) is 188 Å². The molecule has 0 saturated carbocycles. The highest BCUT2D eigenvalue weighted by Crippen LogP contribution is 2.58. The van der Waals surface area contributed by atoms with Crippen LogP contribution in [0.25, 0.3) is 44.2 Å². The highest BCUT2D eigenvalue weighted by molar-refractivity contribution is 9.10. The van der Waals surface area contributed by atoms with E-state index < -0.39 is 0 Å². The number of hydrogen-bond donors (Lipinski definition) is 0. The molecule has 0 fully saturated rings. The van der Waals surface area contributed by atoms with Gasteiger partial charge in [0, 0.05) is 20.8 Å². The molecule has 3 aliphatic rings. The van der Waals surface area contributed by atoms with Gasteiger partial charge in [-0.2, -0.15) is 0 Å². The summed E-state index contributed by atoms with van der Waals surface area (Å²) in [4.78, 5) is 0. The Bertz CT molecular complexity index is 2260. The summed E-state index contributed by atoms with van der Waals surface area (Å²) in [5, 5.41) is 2.53. The van der Waals surface area contributed by atoms with Crippen molar-refractivity contribution in [2.75, 3.05) is 0 Å². The predicted molar refractivity (Wildman–Crippen MR) is 190 cm³/mol. The van der Waals surface area contributed by atoms with Crippen LogP contribution < -0.4 is 0 Å². The van der Waals surface area contributed by atoms with E-state index in [2.05, 4.69) is 177 Å². The summed E-state index contributed by atoms with van der Waals surface area (Å²) < 4.78 is 2.22. The summed E-state index contributed by atoms with van der Waals surface area (Å²) >= 11 is 7.36. The van der Waals surface area contributed by atoms with E-state index in [0.717, 1.165) is 8.95 Å². The molecule has 0 aromatic heterocycles. The molecule has 208 valence electrons. The Labute approximate surface area is 274 Å². The third kappa shape index (κ3) is 3.94. The maximum atomic E-state index is 3.74. The minimum atomic E-state index is 0.216. The monoisotopic (exact) mass is 688 g/mol. The fourth-order valence-electron chi connectivity index (χ4n) is 7.71. The molecule has 44 heavy (non-hydrogen) atoms. The van der Waals surface area contributed by atoms with Gasteiger partial charge in [0.2, 0.25) is 0 Å². The molecular weight excluding hydrogens is 664 g/mol. The SMILES string of the molecule is Brc1ccc(-c2cccc3c2C2c4ccccc4C3c3cc(-c4cccc5cc(-c6ccccc6Br)ccc45)ccc32)cc1. The van der Waals surface area contributed by atoms with Gasteiger partial charge in [0.05, 0.1) is 0 Å². The zero-order valence-electron chi connectivity index (χ0n) is 23.8. The van der Waals surface area contributed by atoms with Gasteiger partial charge in [-0.25, -0.2) is 0 Å². The third-order valence-corrected chi connectivity index (χ3v) is 10.8. The maximum absolute atomic E-state index is 3.74. The van der Waals surface area contributed by atoms with E-state index in [9.17, 15) is 0 Å². The van der Waals surface area contributed by atoms with Crippen LogP contribution >= 0.6 is 31.9 Å². The van der Waals surface area contributed by atoms with Crippen molar-refractivity contribution in [1.29, 1.82) is 0 Å². The molecule has 2 unspecified atom stereocenters. The van der Waals surface area contributed by atoms with Gasteiger partial charge in [0.15, 0.2) is 0 Å². The van der Waals surface area contributed by atoms with Gasteiger partial charge in [0.25, 0.3) is 0 Å². The minimum Gasteiger partial charge on any atom is -0.0619 e. The first kappa shape index (κ1) is 26.2. The van der Waals surface area contributed by atoms with Crippen molar-refractivity contribution in [2.45, 2.75) is 11.8 Å². The molecule has 2 atom stereocenters. The highest BCUT2D eigenvalue weighted by Gasteiger charge is 2.42. The van der Waals surface area contributed by atoms with Crippen LogP contribution in [-0.2, 0) is 0 Å². The number of hydrogen-bond acceptors (Lipinski definition) is 0. The predicted octanol–water partition coefficient (Wildman–Crippen LogP) is 12.4. The second-order valence-corrected chi connectivity index (χ2v) is 13.6. The Morgan fingerprint density at radius 2 is 1.00 bits per heavy atom. The lowest BCUT2D eigenvalue weighted by atomic mass is 9.59. The molecule has 0 saturated heterocycles. The van der Waals surface area contributed by atoms with Crippen LogP contribution in [0, 0.1) is 0 Å². The third-order valence-electron chi connectivity index (χ3n) is 9.60. The van der Waals surface area contributed by atoms with Gasteiger partial charge in [-0.3, -0.25) is 0 Å². The van der Waals surface area contributed by atoms with Crippen LogP contribution in [0.15, 0.2) is 155 Å². The summed E-state index contributed by atoms with van der Waals surface area (Å²) in [6.45, 7) is 0. The zero-order chi connectivity index (χ0) is 29.4. The summed E-state index contributed by atoms with van der Waals surface area (Å²) in [5.41, 5.74) is 16.3.